The lowest BCUT2D eigenvalue weighted by molar-refractivity contribution is -0.113. The van der Waals surface area contributed by atoms with Gasteiger partial charge in [-0.3, -0.25) is 9.36 Å². The van der Waals surface area contributed by atoms with Crippen LogP contribution in [0.15, 0.2) is 53.7 Å². The topological polar surface area (TPSA) is 69.0 Å². The second-order valence-corrected chi connectivity index (χ2v) is 8.22. The first-order chi connectivity index (χ1) is 14.1. The Morgan fingerprint density at radius 3 is 2.72 bits per heavy atom. The second kappa shape index (κ2) is 8.88. The first-order valence-electron chi connectivity index (χ1n) is 9.41. The molecule has 0 radical (unpaired) electrons. The summed E-state index contributed by atoms with van der Waals surface area (Å²) in [6, 6.07) is 15.4. The molecule has 29 heavy (non-hydrogen) atoms. The molecule has 0 bridgehead atoms. The van der Waals surface area contributed by atoms with Crippen molar-refractivity contribution in [1.82, 2.24) is 14.8 Å². The molecule has 1 amide bonds. The molecule has 0 unspecified atom stereocenters. The standard InChI is InChI=1S/C21H21ClN4O2S/c1-14-6-2-4-8-17(14)23-20(27)13-29-21-25-24-19(26(21)15-10-11-15)12-28-18-9-5-3-7-16(18)22/h2-9,15H,10-13H2,1H3,(H,23,27). The van der Waals surface area contributed by atoms with Gasteiger partial charge >= 0.3 is 0 Å². The van der Waals surface area contributed by atoms with Crippen molar-refractivity contribution < 1.29 is 9.53 Å². The van der Waals surface area contributed by atoms with E-state index in [1.54, 1.807) is 6.07 Å². The lowest BCUT2D eigenvalue weighted by Crippen LogP contribution is -2.15. The summed E-state index contributed by atoms with van der Waals surface area (Å²) in [5, 5.41) is 12.8. The summed E-state index contributed by atoms with van der Waals surface area (Å²) in [5.41, 5.74) is 1.86. The van der Waals surface area contributed by atoms with Crippen molar-refractivity contribution in [2.24, 2.45) is 0 Å². The van der Waals surface area contributed by atoms with Gasteiger partial charge in [0, 0.05) is 11.7 Å². The zero-order valence-electron chi connectivity index (χ0n) is 16.0. The van der Waals surface area contributed by atoms with E-state index in [4.69, 9.17) is 16.3 Å². The summed E-state index contributed by atoms with van der Waals surface area (Å²) in [6.07, 6.45) is 2.17. The molecule has 4 rings (SSSR count). The molecule has 3 aromatic rings. The molecule has 1 heterocycles. The minimum absolute atomic E-state index is 0.0662. The molecule has 1 N–H and O–H groups in total. The van der Waals surface area contributed by atoms with E-state index in [0.29, 0.717) is 16.8 Å². The molecular weight excluding hydrogens is 408 g/mol. The van der Waals surface area contributed by atoms with Crippen molar-refractivity contribution in [3.63, 3.8) is 0 Å². The summed E-state index contributed by atoms with van der Waals surface area (Å²) in [6.45, 7) is 2.25. The fourth-order valence-electron chi connectivity index (χ4n) is 2.94. The van der Waals surface area contributed by atoms with Crippen molar-refractivity contribution in [3.8, 4) is 5.75 Å². The largest absolute Gasteiger partial charge is 0.484 e. The maximum Gasteiger partial charge on any atom is 0.234 e. The number of carbonyl (C=O) groups is 1. The zero-order chi connectivity index (χ0) is 20.2. The number of aryl methyl sites for hydroxylation is 1. The average Bonchev–Trinajstić information content (AvgIpc) is 3.47. The number of hydrogen-bond donors (Lipinski definition) is 1. The third kappa shape index (κ3) is 4.92. The highest BCUT2D eigenvalue weighted by atomic mass is 35.5. The van der Waals surface area contributed by atoms with Gasteiger partial charge in [0.1, 0.15) is 12.4 Å². The molecule has 0 atom stereocenters. The Hall–Kier alpha value is -2.51. The van der Waals surface area contributed by atoms with Crippen LogP contribution in [0, 0.1) is 6.92 Å². The molecule has 1 fully saturated rings. The van der Waals surface area contributed by atoms with Crippen molar-refractivity contribution in [2.45, 2.75) is 37.6 Å². The Morgan fingerprint density at radius 1 is 1.21 bits per heavy atom. The van der Waals surface area contributed by atoms with Crippen LogP contribution in [0.1, 0.15) is 30.3 Å². The molecule has 6 nitrogen and oxygen atoms in total. The van der Waals surface area contributed by atoms with Gasteiger partial charge in [0.25, 0.3) is 0 Å². The lowest BCUT2D eigenvalue weighted by Gasteiger charge is -2.11. The molecule has 2 aromatic carbocycles. The fraction of sp³-hybridized carbons (Fsp3) is 0.286. The van der Waals surface area contributed by atoms with E-state index >= 15 is 0 Å². The van der Waals surface area contributed by atoms with Crippen molar-refractivity contribution >= 4 is 35.0 Å². The van der Waals surface area contributed by atoms with Gasteiger partial charge in [-0.15, -0.1) is 10.2 Å². The highest BCUT2D eigenvalue weighted by Crippen LogP contribution is 2.39. The van der Waals surface area contributed by atoms with Crippen LogP contribution in [0.4, 0.5) is 5.69 Å². The third-order valence-electron chi connectivity index (χ3n) is 4.59. The van der Waals surface area contributed by atoms with Crippen LogP contribution in [-0.4, -0.2) is 26.4 Å². The number of anilines is 1. The second-order valence-electron chi connectivity index (χ2n) is 6.87. The van der Waals surface area contributed by atoms with Crippen molar-refractivity contribution in [2.75, 3.05) is 11.1 Å². The van der Waals surface area contributed by atoms with Gasteiger partial charge in [0.15, 0.2) is 11.0 Å². The van der Waals surface area contributed by atoms with Gasteiger partial charge in [0.2, 0.25) is 5.91 Å². The van der Waals surface area contributed by atoms with Crippen LogP contribution in [0.2, 0.25) is 5.02 Å². The maximum absolute atomic E-state index is 12.4. The maximum atomic E-state index is 12.4. The van der Waals surface area contributed by atoms with E-state index in [-0.39, 0.29) is 18.3 Å². The number of amides is 1. The number of nitrogens with zero attached hydrogens (tertiary/aromatic N) is 3. The molecule has 8 heteroatoms. The number of para-hydroxylation sites is 2. The molecule has 1 aliphatic rings. The average molecular weight is 429 g/mol. The van der Waals surface area contributed by atoms with Crippen LogP contribution in [0.3, 0.4) is 0 Å². The number of carbonyl (C=O) groups excluding carboxylic acids is 1. The number of ether oxygens (including phenoxy) is 1. The highest BCUT2D eigenvalue weighted by molar-refractivity contribution is 7.99. The van der Waals surface area contributed by atoms with Crippen molar-refractivity contribution in [3.05, 3.63) is 64.9 Å². The van der Waals surface area contributed by atoms with E-state index in [2.05, 4.69) is 20.1 Å². The normalized spacial score (nSPS) is 13.3. The molecule has 150 valence electrons. The molecule has 1 saturated carbocycles. The predicted octanol–water partition coefficient (Wildman–Crippen LogP) is 4.88. The monoisotopic (exact) mass is 428 g/mol. The Bertz CT molecular complexity index is 1020. The summed E-state index contributed by atoms with van der Waals surface area (Å²) in [5.74, 6) is 1.56. The van der Waals surface area contributed by atoms with E-state index in [1.165, 1.54) is 11.8 Å². The first-order valence-corrected chi connectivity index (χ1v) is 10.8. The lowest BCUT2D eigenvalue weighted by atomic mass is 10.2. The minimum Gasteiger partial charge on any atom is -0.484 e. The quantitative estimate of drug-likeness (QED) is 0.517. The molecule has 1 aliphatic carbocycles. The van der Waals surface area contributed by atoms with E-state index < -0.39 is 0 Å². The number of thioether (sulfide) groups is 1. The molecule has 0 spiro atoms. The first kappa shape index (κ1) is 19.8. The highest BCUT2D eigenvalue weighted by Gasteiger charge is 2.30. The molecular formula is C21H21ClN4O2S. The third-order valence-corrected chi connectivity index (χ3v) is 5.85. The Balaban J connectivity index is 1.40. The van der Waals surface area contributed by atoms with Gasteiger partial charge in [-0.05, 0) is 43.5 Å². The SMILES string of the molecule is Cc1ccccc1NC(=O)CSc1nnc(COc2ccccc2Cl)n1C1CC1. The van der Waals surface area contributed by atoms with Gasteiger partial charge < -0.3 is 10.1 Å². The molecule has 0 saturated heterocycles. The number of benzene rings is 2. The van der Waals surface area contributed by atoms with E-state index in [9.17, 15) is 4.79 Å². The summed E-state index contributed by atoms with van der Waals surface area (Å²) in [7, 11) is 0. The molecule has 1 aromatic heterocycles. The number of nitrogens with one attached hydrogen (secondary N) is 1. The van der Waals surface area contributed by atoms with Gasteiger partial charge in [-0.1, -0.05) is 53.7 Å². The number of rotatable bonds is 8. The summed E-state index contributed by atoms with van der Waals surface area (Å²) < 4.78 is 7.91. The minimum atomic E-state index is -0.0662. The van der Waals surface area contributed by atoms with Crippen LogP contribution in [0.5, 0.6) is 5.75 Å². The van der Waals surface area contributed by atoms with Crippen LogP contribution >= 0.6 is 23.4 Å². The predicted molar refractivity (Wildman–Crippen MR) is 115 cm³/mol. The van der Waals surface area contributed by atoms with Crippen LogP contribution in [-0.2, 0) is 11.4 Å². The summed E-state index contributed by atoms with van der Waals surface area (Å²) >= 11 is 7.55. The number of halogens is 1. The fourth-order valence-corrected chi connectivity index (χ4v) is 3.95. The number of hydrogen-bond acceptors (Lipinski definition) is 5. The smallest absolute Gasteiger partial charge is 0.234 e. The van der Waals surface area contributed by atoms with Gasteiger partial charge in [-0.25, -0.2) is 0 Å². The Kier molecular flexibility index (Phi) is 6.06. The zero-order valence-corrected chi connectivity index (χ0v) is 17.5. The van der Waals surface area contributed by atoms with Crippen LogP contribution < -0.4 is 10.1 Å². The van der Waals surface area contributed by atoms with Gasteiger partial charge in [-0.2, -0.15) is 0 Å². The number of aromatic nitrogens is 3. The van der Waals surface area contributed by atoms with E-state index in [0.717, 1.165) is 35.1 Å². The van der Waals surface area contributed by atoms with E-state index in [1.807, 2.05) is 49.4 Å². The Morgan fingerprint density at radius 2 is 1.97 bits per heavy atom. The summed E-state index contributed by atoms with van der Waals surface area (Å²) in [4.78, 5) is 12.4. The van der Waals surface area contributed by atoms with Crippen LogP contribution in [0.25, 0.3) is 0 Å². The molecule has 0 aliphatic heterocycles. The van der Waals surface area contributed by atoms with Gasteiger partial charge in [0.05, 0.1) is 10.8 Å². The van der Waals surface area contributed by atoms with Crippen molar-refractivity contribution in [1.29, 1.82) is 0 Å². The Labute approximate surface area is 178 Å².